The number of aromatic nitrogens is 3. The molecular weight excluding hydrogens is 284 g/mol. The van der Waals surface area contributed by atoms with Crippen LogP contribution in [-0.4, -0.2) is 15.1 Å². The largest absolute Gasteiger partial charge is 0.342 e. The summed E-state index contributed by atoms with van der Waals surface area (Å²) in [5, 5.41) is 10.5. The van der Waals surface area contributed by atoms with Crippen molar-refractivity contribution in [1.29, 1.82) is 0 Å². The van der Waals surface area contributed by atoms with Crippen LogP contribution < -0.4 is 5.32 Å². The summed E-state index contributed by atoms with van der Waals surface area (Å²) in [7, 11) is 0. The van der Waals surface area contributed by atoms with Crippen molar-refractivity contribution < 1.29 is 4.52 Å². The molecule has 0 radical (unpaired) electrons. The highest BCUT2D eigenvalue weighted by Gasteiger charge is 2.34. The van der Waals surface area contributed by atoms with Crippen LogP contribution in [0.5, 0.6) is 0 Å². The van der Waals surface area contributed by atoms with Gasteiger partial charge in [0.05, 0.1) is 6.04 Å². The molecule has 1 saturated carbocycles. The molecule has 0 amide bonds. The molecule has 1 atom stereocenters. The predicted octanol–water partition coefficient (Wildman–Crippen LogP) is 3.76. The fraction of sp³-hybridized carbons (Fsp3) is 0.267. The topological polar surface area (TPSA) is 63.8 Å². The Bertz CT molecular complexity index is 706. The fourth-order valence-electron chi connectivity index (χ4n) is 2.32. The lowest BCUT2D eigenvalue weighted by atomic mass is 10.2. The van der Waals surface area contributed by atoms with Gasteiger partial charge in [-0.25, -0.2) is 4.98 Å². The van der Waals surface area contributed by atoms with Crippen LogP contribution in [0.2, 0.25) is 0 Å². The van der Waals surface area contributed by atoms with Crippen LogP contribution in [-0.2, 0) is 0 Å². The van der Waals surface area contributed by atoms with Gasteiger partial charge in [-0.2, -0.15) is 4.98 Å². The van der Waals surface area contributed by atoms with Crippen molar-refractivity contribution in [3.8, 4) is 11.5 Å². The summed E-state index contributed by atoms with van der Waals surface area (Å²) < 4.78 is 5.33. The van der Waals surface area contributed by atoms with E-state index in [9.17, 15) is 0 Å². The smallest absolute Gasteiger partial charge is 0.264 e. The Labute approximate surface area is 126 Å². The Hall–Kier alpha value is -2.21. The van der Waals surface area contributed by atoms with Crippen LogP contribution in [0, 0.1) is 5.92 Å². The molecule has 1 N–H and O–H groups in total. The van der Waals surface area contributed by atoms with Gasteiger partial charge in [-0.15, -0.1) is 11.3 Å². The molecule has 2 heterocycles. The predicted molar refractivity (Wildman–Crippen MR) is 80.9 cm³/mol. The summed E-state index contributed by atoms with van der Waals surface area (Å²) in [6.45, 7) is 0. The number of hydrogen-bond donors (Lipinski definition) is 1. The van der Waals surface area contributed by atoms with Crippen molar-refractivity contribution in [2.45, 2.75) is 18.9 Å². The number of hydrogen-bond acceptors (Lipinski definition) is 6. The first-order valence-electron chi connectivity index (χ1n) is 6.95. The quantitative estimate of drug-likeness (QED) is 0.777. The Balaban J connectivity index is 1.56. The molecule has 4 rings (SSSR count). The maximum Gasteiger partial charge on any atom is 0.264 e. The van der Waals surface area contributed by atoms with E-state index < -0.39 is 0 Å². The lowest BCUT2D eigenvalue weighted by Gasteiger charge is -2.13. The minimum Gasteiger partial charge on any atom is -0.342 e. The summed E-state index contributed by atoms with van der Waals surface area (Å²) in [5.74, 6) is 1.68. The highest BCUT2D eigenvalue weighted by molar-refractivity contribution is 7.09. The number of benzene rings is 1. The maximum atomic E-state index is 5.33. The van der Waals surface area contributed by atoms with E-state index in [1.807, 2.05) is 41.9 Å². The number of rotatable bonds is 5. The van der Waals surface area contributed by atoms with Crippen molar-refractivity contribution in [3.05, 3.63) is 46.9 Å². The van der Waals surface area contributed by atoms with Crippen LogP contribution in [0.25, 0.3) is 11.5 Å². The second-order valence-corrected chi connectivity index (χ2v) is 6.05. The van der Waals surface area contributed by atoms with Crippen LogP contribution >= 0.6 is 11.3 Å². The first kappa shape index (κ1) is 12.5. The highest BCUT2D eigenvalue weighted by atomic mass is 32.1. The summed E-state index contributed by atoms with van der Waals surface area (Å²) in [6, 6.07) is 9.97. The molecule has 0 spiro atoms. The summed E-state index contributed by atoms with van der Waals surface area (Å²) in [5.41, 5.74) is 0.926. The Kier molecular flexibility index (Phi) is 3.16. The van der Waals surface area contributed by atoms with Gasteiger partial charge in [0.1, 0.15) is 5.01 Å². The van der Waals surface area contributed by atoms with Gasteiger partial charge in [0.25, 0.3) is 11.8 Å². The molecule has 106 valence electrons. The lowest BCUT2D eigenvalue weighted by molar-refractivity contribution is 0.431. The average Bonchev–Trinajstić information content (AvgIpc) is 3.03. The fourth-order valence-corrected chi connectivity index (χ4v) is 3.10. The molecule has 1 unspecified atom stereocenters. The average molecular weight is 298 g/mol. The standard InChI is InChI=1S/C15H14N4OS/c1-2-4-11(5-3-1)13-18-15(19-20-13)17-12(10-6-7-10)14-16-8-9-21-14/h1-5,8-10,12H,6-7H2,(H,17,19). The molecule has 0 aliphatic heterocycles. The van der Waals surface area contributed by atoms with Crippen LogP contribution in [0.4, 0.5) is 5.95 Å². The van der Waals surface area contributed by atoms with Crippen molar-refractivity contribution in [2.75, 3.05) is 5.32 Å². The molecule has 6 heteroatoms. The third kappa shape index (κ3) is 2.67. The molecule has 21 heavy (non-hydrogen) atoms. The minimum atomic E-state index is 0.186. The van der Waals surface area contributed by atoms with E-state index >= 15 is 0 Å². The zero-order chi connectivity index (χ0) is 14.1. The Morgan fingerprint density at radius 1 is 1.24 bits per heavy atom. The van der Waals surface area contributed by atoms with Gasteiger partial charge in [0, 0.05) is 17.1 Å². The molecule has 1 fully saturated rings. The summed E-state index contributed by atoms with van der Waals surface area (Å²) >= 11 is 1.66. The number of nitrogens with zero attached hydrogens (tertiary/aromatic N) is 3. The monoisotopic (exact) mass is 298 g/mol. The molecule has 1 aliphatic carbocycles. The van der Waals surface area contributed by atoms with Gasteiger partial charge in [0.15, 0.2) is 0 Å². The highest BCUT2D eigenvalue weighted by Crippen LogP contribution is 2.43. The van der Waals surface area contributed by atoms with Gasteiger partial charge >= 0.3 is 0 Å². The minimum absolute atomic E-state index is 0.186. The van der Waals surface area contributed by atoms with Crippen molar-refractivity contribution in [3.63, 3.8) is 0 Å². The number of nitrogens with one attached hydrogen (secondary N) is 1. The Morgan fingerprint density at radius 2 is 2.10 bits per heavy atom. The zero-order valence-corrected chi connectivity index (χ0v) is 12.1. The van der Waals surface area contributed by atoms with Gasteiger partial charge < -0.3 is 9.84 Å². The molecule has 1 aromatic carbocycles. The van der Waals surface area contributed by atoms with Gasteiger partial charge in [0.2, 0.25) is 0 Å². The second-order valence-electron chi connectivity index (χ2n) is 5.12. The van der Waals surface area contributed by atoms with E-state index in [0.717, 1.165) is 10.6 Å². The molecule has 3 aromatic rings. The van der Waals surface area contributed by atoms with E-state index in [-0.39, 0.29) is 6.04 Å². The van der Waals surface area contributed by atoms with Crippen molar-refractivity contribution >= 4 is 17.3 Å². The SMILES string of the molecule is c1ccc(-c2nc(NC(c3nccs3)C3CC3)no2)cc1. The van der Waals surface area contributed by atoms with Gasteiger partial charge in [-0.1, -0.05) is 18.2 Å². The second kappa shape index (κ2) is 5.29. The zero-order valence-electron chi connectivity index (χ0n) is 11.3. The van der Waals surface area contributed by atoms with E-state index in [0.29, 0.717) is 17.8 Å². The van der Waals surface area contributed by atoms with Gasteiger partial charge in [-0.3, -0.25) is 0 Å². The summed E-state index contributed by atoms with van der Waals surface area (Å²) in [6.07, 6.45) is 4.28. The van der Waals surface area contributed by atoms with Crippen molar-refractivity contribution in [1.82, 2.24) is 15.1 Å². The molecule has 0 saturated heterocycles. The van der Waals surface area contributed by atoms with Crippen molar-refractivity contribution in [2.24, 2.45) is 5.92 Å². The third-order valence-electron chi connectivity index (χ3n) is 3.54. The summed E-state index contributed by atoms with van der Waals surface area (Å²) in [4.78, 5) is 8.84. The number of thiazole rings is 1. The van der Waals surface area contributed by atoms with E-state index in [2.05, 4.69) is 20.4 Å². The van der Waals surface area contributed by atoms with E-state index in [4.69, 9.17) is 4.52 Å². The molecule has 2 aromatic heterocycles. The Morgan fingerprint density at radius 3 is 2.81 bits per heavy atom. The van der Waals surface area contributed by atoms with Crippen LogP contribution in [0.1, 0.15) is 23.9 Å². The molecule has 1 aliphatic rings. The molecule has 0 bridgehead atoms. The maximum absolute atomic E-state index is 5.33. The normalized spacial score (nSPS) is 15.8. The van der Waals surface area contributed by atoms with Crippen LogP contribution in [0.15, 0.2) is 46.4 Å². The lowest BCUT2D eigenvalue weighted by Crippen LogP contribution is -2.13. The van der Waals surface area contributed by atoms with E-state index in [1.54, 1.807) is 11.3 Å². The van der Waals surface area contributed by atoms with E-state index in [1.165, 1.54) is 12.8 Å². The first-order chi connectivity index (χ1) is 10.4. The first-order valence-corrected chi connectivity index (χ1v) is 7.83. The molecule has 5 nitrogen and oxygen atoms in total. The molecular formula is C15H14N4OS. The number of anilines is 1. The third-order valence-corrected chi connectivity index (χ3v) is 4.40. The van der Waals surface area contributed by atoms with Crippen LogP contribution in [0.3, 0.4) is 0 Å². The van der Waals surface area contributed by atoms with Gasteiger partial charge in [-0.05, 0) is 36.0 Å².